The second kappa shape index (κ2) is 12.2. The molecule has 0 spiro atoms. The van der Waals surface area contributed by atoms with Crippen molar-refractivity contribution in [3.63, 3.8) is 0 Å². The van der Waals surface area contributed by atoms with Crippen molar-refractivity contribution in [3.05, 3.63) is 89.5 Å². The fourth-order valence-corrected chi connectivity index (χ4v) is 4.38. The Morgan fingerprint density at radius 3 is 2.37 bits per heavy atom. The van der Waals surface area contributed by atoms with E-state index in [4.69, 9.17) is 14.2 Å². The van der Waals surface area contributed by atoms with Crippen molar-refractivity contribution >= 4 is 23.3 Å². The Labute approximate surface area is 220 Å². The van der Waals surface area contributed by atoms with Gasteiger partial charge in [-0.1, -0.05) is 48.5 Å². The van der Waals surface area contributed by atoms with Crippen molar-refractivity contribution < 1.29 is 34.0 Å². The van der Waals surface area contributed by atoms with Gasteiger partial charge in [0.25, 0.3) is 5.91 Å². The molecule has 0 radical (unpaired) electrons. The van der Waals surface area contributed by atoms with Gasteiger partial charge in [-0.15, -0.1) is 0 Å². The number of anilines is 1. The molecule has 2 amide bonds. The Hall–Kier alpha value is -4.50. The van der Waals surface area contributed by atoms with E-state index in [1.807, 2.05) is 60.7 Å². The predicted molar refractivity (Wildman–Crippen MR) is 143 cm³/mol. The topological polar surface area (TPSA) is 118 Å². The first-order valence-electron chi connectivity index (χ1n) is 12.1. The van der Waals surface area contributed by atoms with Gasteiger partial charge >= 0.3 is 6.09 Å². The van der Waals surface area contributed by atoms with Gasteiger partial charge < -0.3 is 29.3 Å². The van der Waals surface area contributed by atoms with Gasteiger partial charge in [0.05, 0.1) is 38.1 Å². The normalized spacial score (nSPS) is 14.9. The summed E-state index contributed by atoms with van der Waals surface area (Å²) in [5.41, 5.74) is 3.05. The number of amides is 2. The quantitative estimate of drug-likeness (QED) is 0.377. The highest BCUT2D eigenvalue weighted by atomic mass is 16.5. The third-order valence-electron chi connectivity index (χ3n) is 6.34. The van der Waals surface area contributed by atoms with Gasteiger partial charge in [0, 0.05) is 12.6 Å². The van der Waals surface area contributed by atoms with Gasteiger partial charge in [0.2, 0.25) is 0 Å². The van der Waals surface area contributed by atoms with E-state index in [1.165, 1.54) is 24.1 Å². The maximum Gasteiger partial charge on any atom is 0.409 e. The van der Waals surface area contributed by atoms with Crippen LogP contribution in [0.5, 0.6) is 17.2 Å². The summed E-state index contributed by atoms with van der Waals surface area (Å²) < 4.78 is 16.6. The van der Waals surface area contributed by atoms with Crippen LogP contribution < -0.4 is 19.5 Å². The van der Waals surface area contributed by atoms with Crippen LogP contribution in [0.2, 0.25) is 0 Å². The van der Waals surface area contributed by atoms with Crippen molar-refractivity contribution in [2.45, 2.75) is 19.1 Å². The van der Waals surface area contributed by atoms with Gasteiger partial charge in [0.15, 0.2) is 11.5 Å². The molecule has 1 atom stereocenters. The number of aliphatic hydroxyl groups is 1. The fourth-order valence-electron chi connectivity index (χ4n) is 4.38. The first-order valence-corrected chi connectivity index (χ1v) is 12.1. The molecule has 3 aromatic carbocycles. The Morgan fingerprint density at radius 2 is 1.74 bits per heavy atom. The number of carbonyl (C=O) groups is 2. The van der Waals surface area contributed by atoms with Crippen LogP contribution in [0, 0.1) is 0 Å². The number of hydrogen-bond donors (Lipinski definition) is 3. The molecular weight excluding hydrogens is 488 g/mol. The first kappa shape index (κ1) is 26.6. The molecule has 3 aromatic rings. The number of nitrogens with zero attached hydrogens (tertiary/aromatic N) is 1. The summed E-state index contributed by atoms with van der Waals surface area (Å²) in [5, 5.41) is 21.9. The number of nitrogens with one attached hydrogen (secondary N) is 1. The molecule has 0 fully saturated rings. The van der Waals surface area contributed by atoms with Crippen molar-refractivity contribution in [1.29, 1.82) is 0 Å². The molecular formula is C29H30N2O7. The molecule has 198 valence electrons. The molecule has 1 aliphatic heterocycles. The molecule has 9 nitrogen and oxygen atoms in total. The minimum absolute atomic E-state index is 0.0629. The highest BCUT2D eigenvalue weighted by Crippen LogP contribution is 2.36. The summed E-state index contributed by atoms with van der Waals surface area (Å²) in [6, 6.07) is 19.4. The van der Waals surface area contributed by atoms with Crippen molar-refractivity contribution in [2.75, 3.05) is 32.7 Å². The summed E-state index contributed by atoms with van der Waals surface area (Å²) in [6.07, 6.45) is 1.10. The number of ether oxygens (including phenoxy) is 3. The molecule has 0 saturated heterocycles. The third-order valence-corrected chi connectivity index (χ3v) is 6.34. The summed E-state index contributed by atoms with van der Waals surface area (Å²) in [6.45, 7) is 0.278. The van der Waals surface area contributed by atoms with Gasteiger partial charge in [-0.2, -0.15) is 0 Å². The Bertz CT molecular complexity index is 1310. The average Bonchev–Trinajstić information content (AvgIpc) is 2.95. The largest absolute Gasteiger partial charge is 0.497 e. The summed E-state index contributed by atoms with van der Waals surface area (Å²) in [7, 11) is 3.05. The average molecular weight is 519 g/mol. The number of carbonyl (C=O) groups excluding carboxylic acids is 1. The Kier molecular flexibility index (Phi) is 8.50. The number of hydrogen-bond acceptors (Lipinski definition) is 6. The maximum atomic E-state index is 13.7. The highest BCUT2D eigenvalue weighted by molar-refractivity contribution is 6.04. The zero-order valence-corrected chi connectivity index (χ0v) is 21.2. The van der Waals surface area contributed by atoms with E-state index in [0.29, 0.717) is 13.0 Å². The number of carboxylic acid groups (broad SMARTS) is 1. The van der Waals surface area contributed by atoms with Gasteiger partial charge in [0.1, 0.15) is 12.4 Å². The van der Waals surface area contributed by atoms with Crippen LogP contribution in [0.1, 0.15) is 27.9 Å². The lowest BCUT2D eigenvalue weighted by Crippen LogP contribution is -2.44. The van der Waals surface area contributed by atoms with Crippen molar-refractivity contribution in [2.24, 2.45) is 0 Å². The van der Waals surface area contributed by atoms with E-state index >= 15 is 0 Å². The van der Waals surface area contributed by atoms with Gasteiger partial charge in [-0.25, -0.2) is 4.79 Å². The first-order chi connectivity index (χ1) is 18.4. The molecule has 0 aromatic heterocycles. The van der Waals surface area contributed by atoms with E-state index < -0.39 is 18.0 Å². The third kappa shape index (κ3) is 6.07. The molecule has 38 heavy (non-hydrogen) atoms. The van der Waals surface area contributed by atoms with E-state index in [0.717, 1.165) is 22.4 Å². The predicted octanol–water partition coefficient (Wildman–Crippen LogP) is 4.66. The van der Waals surface area contributed by atoms with Gasteiger partial charge in [-0.3, -0.25) is 10.1 Å². The minimum Gasteiger partial charge on any atom is -0.497 e. The lowest BCUT2D eigenvalue weighted by molar-refractivity contribution is 0.0648. The molecule has 0 unspecified atom stereocenters. The van der Waals surface area contributed by atoms with Crippen molar-refractivity contribution in [3.8, 4) is 17.2 Å². The molecule has 0 bridgehead atoms. The lowest BCUT2D eigenvalue weighted by Gasteiger charge is -2.34. The monoisotopic (exact) mass is 518 g/mol. The Morgan fingerprint density at radius 1 is 1.00 bits per heavy atom. The van der Waals surface area contributed by atoms with Crippen LogP contribution in [0.25, 0.3) is 5.57 Å². The van der Waals surface area contributed by atoms with Gasteiger partial charge in [-0.05, 0) is 41.3 Å². The molecule has 4 rings (SSSR count). The second-order valence-electron chi connectivity index (χ2n) is 8.67. The number of aliphatic hydroxyl groups excluding tert-OH is 1. The zero-order valence-electron chi connectivity index (χ0n) is 21.2. The van der Waals surface area contributed by atoms with Crippen LogP contribution in [0.15, 0.2) is 72.8 Å². The summed E-state index contributed by atoms with van der Waals surface area (Å²) in [5.74, 6) is 0.873. The maximum absolute atomic E-state index is 13.7. The smallest absolute Gasteiger partial charge is 0.409 e. The minimum atomic E-state index is -1.32. The molecule has 0 saturated carbocycles. The SMILES string of the molecule is COc1ccc(C2=C[C@@H](CO)N(C(=O)c3cc(OC)c(OCc4ccccc4)cc3NC(=O)O)CC2)cc1. The van der Waals surface area contributed by atoms with Crippen LogP contribution in [-0.4, -0.2) is 60.5 Å². The molecule has 1 heterocycles. The lowest BCUT2D eigenvalue weighted by atomic mass is 9.95. The number of benzene rings is 3. The van der Waals surface area contributed by atoms with E-state index in [-0.39, 0.29) is 36.0 Å². The fraction of sp³-hybridized carbons (Fsp3) is 0.241. The van der Waals surface area contributed by atoms with E-state index in [2.05, 4.69) is 5.32 Å². The standard InChI is InChI=1S/C29H30N2O7/c1-36-23-10-8-20(9-11-23)21-12-13-31(22(14-21)17-32)28(33)24-15-26(37-2)27(16-25(24)30-29(34)35)38-18-19-6-4-3-5-7-19/h3-11,14-16,22,30,32H,12-13,17-18H2,1-2H3,(H,34,35)/t22-/m0/s1. The number of methoxy groups -OCH3 is 2. The molecule has 1 aliphatic rings. The molecule has 0 aliphatic carbocycles. The van der Waals surface area contributed by atoms with Crippen LogP contribution in [0.4, 0.5) is 10.5 Å². The van der Waals surface area contributed by atoms with E-state index in [1.54, 1.807) is 7.11 Å². The zero-order chi connectivity index (χ0) is 27.1. The van der Waals surface area contributed by atoms with Crippen LogP contribution in [-0.2, 0) is 6.61 Å². The van der Waals surface area contributed by atoms with Crippen LogP contribution in [0.3, 0.4) is 0 Å². The van der Waals surface area contributed by atoms with Crippen molar-refractivity contribution in [1.82, 2.24) is 4.90 Å². The highest BCUT2D eigenvalue weighted by Gasteiger charge is 2.30. The van der Waals surface area contributed by atoms with E-state index in [9.17, 15) is 19.8 Å². The summed E-state index contributed by atoms with van der Waals surface area (Å²) in [4.78, 5) is 26.8. The second-order valence-corrected chi connectivity index (χ2v) is 8.67. The Balaban J connectivity index is 1.62. The molecule has 3 N–H and O–H groups in total. The molecule has 9 heteroatoms. The van der Waals surface area contributed by atoms with Crippen LogP contribution >= 0.6 is 0 Å². The summed E-state index contributed by atoms with van der Waals surface area (Å²) >= 11 is 0. The number of rotatable bonds is 9.